The molecule has 1 aromatic heterocycles. The van der Waals surface area contributed by atoms with Crippen molar-refractivity contribution in [3.05, 3.63) is 43.0 Å². The Morgan fingerprint density at radius 3 is 2.85 bits per heavy atom. The summed E-state index contributed by atoms with van der Waals surface area (Å²) in [6.07, 6.45) is 6.35. The molecule has 0 bridgehead atoms. The summed E-state index contributed by atoms with van der Waals surface area (Å²) in [6.45, 7) is 6.20. The van der Waals surface area contributed by atoms with Gasteiger partial charge in [0.15, 0.2) is 5.13 Å². The number of nitrogens with zero attached hydrogens (tertiary/aromatic N) is 1. The maximum atomic E-state index is 12.8. The number of hydrogen-bond donors (Lipinski definition) is 1. The largest absolute Gasteiger partial charge is 0.494 e. The predicted octanol–water partition coefficient (Wildman–Crippen LogP) is 3.95. The molecule has 6 nitrogen and oxygen atoms in total. The summed E-state index contributed by atoms with van der Waals surface area (Å²) in [5.41, 5.74) is 0.796. The van der Waals surface area contributed by atoms with E-state index >= 15 is 0 Å². The Morgan fingerprint density at radius 2 is 2.11 bits per heavy atom. The van der Waals surface area contributed by atoms with Gasteiger partial charge in [-0.25, -0.2) is 4.98 Å². The summed E-state index contributed by atoms with van der Waals surface area (Å²) in [7, 11) is 0. The number of esters is 1. The number of carbonyl (C=O) groups excluding carboxylic acids is 2. The Bertz CT molecular complexity index is 874. The smallest absolute Gasteiger partial charge is 0.310 e. The number of aromatic nitrogens is 1. The molecule has 0 radical (unpaired) electrons. The molecule has 1 heterocycles. The van der Waals surface area contributed by atoms with Crippen LogP contribution in [0.4, 0.5) is 5.13 Å². The Balaban J connectivity index is 1.73. The molecule has 2 unspecified atom stereocenters. The van der Waals surface area contributed by atoms with Crippen molar-refractivity contribution in [1.82, 2.24) is 4.98 Å². The van der Waals surface area contributed by atoms with E-state index in [1.54, 1.807) is 0 Å². The van der Waals surface area contributed by atoms with E-state index in [0.717, 1.165) is 16.0 Å². The average molecular weight is 386 g/mol. The lowest BCUT2D eigenvalue weighted by molar-refractivity contribution is -0.151. The highest BCUT2D eigenvalue weighted by Crippen LogP contribution is 2.32. The van der Waals surface area contributed by atoms with E-state index in [1.807, 2.05) is 37.3 Å². The van der Waals surface area contributed by atoms with Crippen molar-refractivity contribution in [3.8, 4) is 5.75 Å². The first kappa shape index (κ1) is 19.1. The third-order valence-corrected chi connectivity index (χ3v) is 5.25. The number of anilines is 1. The summed E-state index contributed by atoms with van der Waals surface area (Å²) in [6, 6.07) is 5.63. The van der Waals surface area contributed by atoms with Crippen LogP contribution in [-0.2, 0) is 14.3 Å². The van der Waals surface area contributed by atoms with Crippen molar-refractivity contribution < 1.29 is 19.1 Å². The first-order valence-corrected chi connectivity index (χ1v) is 9.70. The van der Waals surface area contributed by atoms with Crippen LogP contribution in [0.15, 0.2) is 43.0 Å². The van der Waals surface area contributed by atoms with Gasteiger partial charge in [-0.05, 0) is 38.0 Å². The van der Waals surface area contributed by atoms with Gasteiger partial charge in [-0.1, -0.05) is 36.1 Å². The second-order valence-electron chi connectivity index (χ2n) is 6.15. The van der Waals surface area contributed by atoms with Gasteiger partial charge in [0.05, 0.1) is 28.7 Å². The second-order valence-corrected chi connectivity index (χ2v) is 7.18. The Morgan fingerprint density at radius 1 is 1.33 bits per heavy atom. The predicted molar refractivity (Wildman–Crippen MR) is 106 cm³/mol. The third-order valence-electron chi connectivity index (χ3n) is 4.32. The van der Waals surface area contributed by atoms with Gasteiger partial charge in [0, 0.05) is 0 Å². The van der Waals surface area contributed by atoms with Gasteiger partial charge in [-0.2, -0.15) is 0 Å². The minimum absolute atomic E-state index is 0.146. The molecule has 0 fully saturated rings. The number of hydrogen-bond acceptors (Lipinski definition) is 6. The summed E-state index contributed by atoms with van der Waals surface area (Å²) >= 11 is 1.38. The van der Waals surface area contributed by atoms with E-state index in [9.17, 15) is 9.59 Å². The van der Waals surface area contributed by atoms with Gasteiger partial charge in [-0.3, -0.25) is 9.59 Å². The van der Waals surface area contributed by atoms with Crippen molar-refractivity contribution >= 4 is 38.6 Å². The Hall–Kier alpha value is -2.67. The molecule has 1 amide bonds. The van der Waals surface area contributed by atoms with Gasteiger partial charge in [0.1, 0.15) is 12.4 Å². The maximum Gasteiger partial charge on any atom is 0.310 e. The molecule has 1 N–H and O–H groups in total. The molecule has 2 aromatic rings. The standard InChI is InChI=1S/C20H22N2O4S/c1-3-11-26-19(24)15-8-6-5-7-14(15)18(23)22-20-21-16-10-9-13(25-4-2)12-17(16)27-20/h3,5-6,9-10,12,14-15H,1,4,7-8,11H2,2H3,(H,21,22,23). The van der Waals surface area contributed by atoms with E-state index in [1.165, 1.54) is 17.4 Å². The number of thiazole rings is 1. The second kappa shape index (κ2) is 8.81. The number of fused-ring (bicyclic) bond motifs is 1. The zero-order valence-electron chi connectivity index (χ0n) is 15.1. The Labute approximate surface area is 161 Å². The van der Waals surface area contributed by atoms with Crippen LogP contribution in [-0.4, -0.2) is 30.1 Å². The van der Waals surface area contributed by atoms with Crippen LogP contribution in [0.3, 0.4) is 0 Å². The lowest BCUT2D eigenvalue weighted by Gasteiger charge is -2.25. The minimum atomic E-state index is -0.492. The summed E-state index contributed by atoms with van der Waals surface area (Å²) < 4.78 is 11.6. The zero-order chi connectivity index (χ0) is 19.2. The molecule has 0 aliphatic heterocycles. The number of ether oxygens (including phenoxy) is 2. The van der Waals surface area contributed by atoms with Crippen molar-refractivity contribution in [2.45, 2.75) is 19.8 Å². The lowest BCUT2D eigenvalue weighted by Crippen LogP contribution is -2.35. The van der Waals surface area contributed by atoms with Crippen molar-refractivity contribution in [2.75, 3.05) is 18.5 Å². The third kappa shape index (κ3) is 4.54. The molecule has 0 saturated heterocycles. The number of carbonyl (C=O) groups is 2. The fourth-order valence-corrected chi connectivity index (χ4v) is 3.92. The van der Waals surface area contributed by atoms with Crippen LogP contribution >= 0.6 is 11.3 Å². The van der Waals surface area contributed by atoms with E-state index in [0.29, 0.717) is 24.6 Å². The molecule has 0 spiro atoms. The van der Waals surface area contributed by atoms with Crippen LogP contribution in [0.25, 0.3) is 10.2 Å². The topological polar surface area (TPSA) is 77.5 Å². The first-order valence-electron chi connectivity index (χ1n) is 8.89. The molecule has 142 valence electrons. The van der Waals surface area contributed by atoms with Gasteiger partial charge < -0.3 is 14.8 Å². The molecule has 3 rings (SSSR count). The van der Waals surface area contributed by atoms with E-state index in [-0.39, 0.29) is 18.5 Å². The van der Waals surface area contributed by atoms with Crippen molar-refractivity contribution in [2.24, 2.45) is 11.8 Å². The van der Waals surface area contributed by atoms with Crippen LogP contribution in [0.5, 0.6) is 5.75 Å². The summed E-state index contributed by atoms with van der Waals surface area (Å²) in [5.74, 6) is -0.782. The number of amides is 1. The number of allylic oxidation sites excluding steroid dienone is 2. The molecule has 7 heteroatoms. The Kier molecular flexibility index (Phi) is 6.24. The fourth-order valence-electron chi connectivity index (χ4n) is 3.03. The highest BCUT2D eigenvalue weighted by molar-refractivity contribution is 7.22. The van der Waals surface area contributed by atoms with Crippen LogP contribution < -0.4 is 10.1 Å². The van der Waals surface area contributed by atoms with Gasteiger partial charge in [0.2, 0.25) is 5.91 Å². The zero-order valence-corrected chi connectivity index (χ0v) is 16.0. The molecule has 1 aromatic carbocycles. The summed E-state index contributed by atoms with van der Waals surface area (Å²) in [4.78, 5) is 29.5. The van der Waals surface area contributed by atoms with Gasteiger partial charge >= 0.3 is 5.97 Å². The molecule has 0 saturated carbocycles. The van der Waals surface area contributed by atoms with Crippen LogP contribution in [0, 0.1) is 11.8 Å². The van der Waals surface area contributed by atoms with Crippen molar-refractivity contribution in [3.63, 3.8) is 0 Å². The monoisotopic (exact) mass is 386 g/mol. The lowest BCUT2D eigenvalue weighted by atomic mass is 9.82. The average Bonchev–Trinajstić information content (AvgIpc) is 3.07. The van der Waals surface area contributed by atoms with E-state index < -0.39 is 11.8 Å². The first-order chi connectivity index (χ1) is 13.1. The van der Waals surface area contributed by atoms with Crippen LogP contribution in [0.1, 0.15) is 19.8 Å². The van der Waals surface area contributed by atoms with Gasteiger partial charge in [-0.15, -0.1) is 0 Å². The molecule has 1 aliphatic rings. The minimum Gasteiger partial charge on any atom is -0.494 e. The van der Waals surface area contributed by atoms with Crippen LogP contribution in [0.2, 0.25) is 0 Å². The molecular weight excluding hydrogens is 364 g/mol. The number of benzene rings is 1. The van der Waals surface area contributed by atoms with E-state index in [4.69, 9.17) is 9.47 Å². The molecule has 1 aliphatic carbocycles. The summed E-state index contributed by atoms with van der Waals surface area (Å²) in [5, 5.41) is 3.37. The number of rotatable bonds is 7. The van der Waals surface area contributed by atoms with Gasteiger partial charge in [0.25, 0.3) is 0 Å². The molecule has 2 atom stereocenters. The molecule has 27 heavy (non-hydrogen) atoms. The van der Waals surface area contributed by atoms with Crippen molar-refractivity contribution in [1.29, 1.82) is 0 Å². The SMILES string of the molecule is C=CCOC(=O)C1CC=CCC1C(=O)Nc1nc2ccc(OCC)cc2s1. The van der Waals surface area contributed by atoms with E-state index in [2.05, 4.69) is 16.9 Å². The maximum absolute atomic E-state index is 12.8. The number of nitrogens with one attached hydrogen (secondary N) is 1. The highest BCUT2D eigenvalue weighted by atomic mass is 32.1. The quantitative estimate of drug-likeness (QED) is 0.576. The fraction of sp³-hybridized carbons (Fsp3) is 0.350. The highest BCUT2D eigenvalue weighted by Gasteiger charge is 2.35. The normalized spacial score (nSPS) is 18.9. The molecular formula is C20H22N2O4S.